The van der Waals surface area contributed by atoms with Crippen LogP contribution in [0.5, 0.6) is 0 Å². The van der Waals surface area contributed by atoms with Gasteiger partial charge in [0.2, 0.25) is 0 Å². The standard InChI is InChI=1S/C17H13F3N4O/c18-17(19,20)15-14(11-23-24(15)13-4-2-1-3-5-13)16(25)22-10-12-6-8-21-9-7-12/h1-9,11H,10H2,(H,22,25). The van der Waals surface area contributed by atoms with Crippen molar-refractivity contribution in [1.29, 1.82) is 0 Å². The number of aromatic nitrogens is 3. The van der Waals surface area contributed by atoms with Crippen LogP contribution in [0.15, 0.2) is 61.1 Å². The molecule has 0 aliphatic rings. The van der Waals surface area contributed by atoms with Crippen LogP contribution in [0.3, 0.4) is 0 Å². The number of para-hydroxylation sites is 1. The molecule has 0 fully saturated rings. The summed E-state index contributed by atoms with van der Waals surface area (Å²) in [4.78, 5) is 16.1. The van der Waals surface area contributed by atoms with E-state index in [0.717, 1.165) is 16.4 Å². The summed E-state index contributed by atoms with van der Waals surface area (Å²) in [7, 11) is 0. The Morgan fingerprint density at radius 3 is 2.40 bits per heavy atom. The molecule has 5 nitrogen and oxygen atoms in total. The Kier molecular flexibility index (Phi) is 4.51. The average Bonchev–Trinajstić information content (AvgIpc) is 3.07. The van der Waals surface area contributed by atoms with Crippen LogP contribution in [0.1, 0.15) is 21.6 Å². The minimum Gasteiger partial charge on any atom is -0.348 e. The van der Waals surface area contributed by atoms with Crippen molar-refractivity contribution in [2.24, 2.45) is 0 Å². The van der Waals surface area contributed by atoms with Gasteiger partial charge >= 0.3 is 6.18 Å². The Morgan fingerprint density at radius 2 is 1.76 bits per heavy atom. The molecule has 3 rings (SSSR count). The molecule has 0 unspecified atom stereocenters. The third-order valence-corrected chi connectivity index (χ3v) is 3.49. The Balaban J connectivity index is 1.91. The molecule has 1 amide bonds. The number of halogens is 3. The molecule has 25 heavy (non-hydrogen) atoms. The number of benzene rings is 1. The maximum Gasteiger partial charge on any atom is 0.434 e. The molecule has 1 aromatic carbocycles. The highest BCUT2D eigenvalue weighted by molar-refractivity contribution is 5.95. The van der Waals surface area contributed by atoms with Gasteiger partial charge in [-0.05, 0) is 29.8 Å². The molecule has 0 atom stereocenters. The van der Waals surface area contributed by atoms with Gasteiger partial charge in [0.15, 0.2) is 5.69 Å². The molecule has 0 aliphatic heterocycles. The van der Waals surface area contributed by atoms with Crippen molar-refractivity contribution in [3.8, 4) is 5.69 Å². The normalized spacial score (nSPS) is 11.3. The smallest absolute Gasteiger partial charge is 0.348 e. The first-order valence-corrected chi connectivity index (χ1v) is 7.34. The van der Waals surface area contributed by atoms with E-state index in [4.69, 9.17) is 0 Å². The van der Waals surface area contributed by atoms with Crippen molar-refractivity contribution in [3.63, 3.8) is 0 Å². The van der Waals surface area contributed by atoms with E-state index in [2.05, 4.69) is 15.4 Å². The second kappa shape index (κ2) is 6.76. The lowest BCUT2D eigenvalue weighted by atomic mass is 10.2. The first-order valence-electron chi connectivity index (χ1n) is 7.34. The molecule has 0 radical (unpaired) electrons. The third-order valence-electron chi connectivity index (χ3n) is 3.49. The molecule has 2 heterocycles. The molecule has 0 spiro atoms. The summed E-state index contributed by atoms with van der Waals surface area (Å²) in [6.07, 6.45) is -0.723. The number of amides is 1. The van der Waals surface area contributed by atoms with E-state index < -0.39 is 23.3 Å². The van der Waals surface area contributed by atoms with Gasteiger partial charge in [-0.1, -0.05) is 18.2 Å². The van der Waals surface area contributed by atoms with Crippen molar-refractivity contribution in [1.82, 2.24) is 20.1 Å². The molecule has 3 aromatic rings. The molecule has 2 aromatic heterocycles. The lowest BCUT2D eigenvalue weighted by Crippen LogP contribution is -2.26. The van der Waals surface area contributed by atoms with E-state index in [-0.39, 0.29) is 12.2 Å². The number of nitrogens with zero attached hydrogens (tertiary/aromatic N) is 3. The number of hydrogen-bond acceptors (Lipinski definition) is 3. The predicted octanol–water partition coefficient (Wildman–Crippen LogP) is 3.22. The van der Waals surface area contributed by atoms with Crippen LogP contribution in [0.4, 0.5) is 13.2 Å². The number of carbonyl (C=O) groups is 1. The number of pyridine rings is 1. The van der Waals surface area contributed by atoms with Gasteiger partial charge in [0.25, 0.3) is 5.91 Å². The third kappa shape index (κ3) is 3.68. The molecule has 1 N–H and O–H groups in total. The molecule has 0 saturated carbocycles. The van der Waals surface area contributed by atoms with Gasteiger partial charge in [-0.3, -0.25) is 9.78 Å². The Morgan fingerprint density at radius 1 is 1.08 bits per heavy atom. The van der Waals surface area contributed by atoms with Crippen molar-refractivity contribution in [2.45, 2.75) is 12.7 Å². The highest BCUT2D eigenvalue weighted by atomic mass is 19.4. The van der Waals surface area contributed by atoms with Crippen LogP contribution < -0.4 is 5.32 Å². The van der Waals surface area contributed by atoms with Crippen molar-refractivity contribution >= 4 is 5.91 Å². The van der Waals surface area contributed by atoms with Gasteiger partial charge in [-0.15, -0.1) is 0 Å². The first-order chi connectivity index (χ1) is 12.0. The maximum atomic E-state index is 13.5. The van der Waals surface area contributed by atoms with E-state index in [1.54, 1.807) is 30.3 Å². The number of carbonyl (C=O) groups excluding carboxylic acids is 1. The lowest BCUT2D eigenvalue weighted by Gasteiger charge is -2.12. The molecule has 8 heteroatoms. The van der Waals surface area contributed by atoms with E-state index >= 15 is 0 Å². The van der Waals surface area contributed by atoms with Crippen LogP contribution >= 0.6 is 0 Å². The fourth-order valence-corrected chi connectivity index (χ4v) is 2.33. The van der Waals surface area contributed by atoms with Gasteiger partial charge in [-0.2, -0.15) is 18.3 Å². The molecule has 0 saturated heterocycles. The zero-order valence-electron chi connectivity index (χ0n) is 12.9. The van der Waals surface area contributed by atoms with Gasteiger partial charge in [-0.25, -0.2) is 4.68 Å². The molecule has 0 bridgehead atoms. The summed E-state index contributed by atoms with van der Waals surface area (Å²) in [5.41, 5.74) is -0.674. The average molecular weight is 346 g/mol. The number of hydrogen-bond donors (Lipinski definition) is 1. The van der Waals surface area contributed by atoms with Crippen molar-refractivity contribution in [2.75, 3.05) is 0 Å². The molecule has 0 aliphatic carbocycles. The summed E-state index contributed by atoms with van der Waals surface area (Å²) in [6.45, 7) is 0.0924. The molecular weight excluding hydrogens is 333 g/mol. The first kappa shape index (κ1) is 16.7. The van der Waals surface area contributed by atoms with Crippen LogP contribution in [0.25, 0.3) is 5.69 Å². The van der Waals surface area contributed by atoms with Crippen LogP contribution in [-0.4, -0.2) is 20.7 Å². The number of alkyl halides is 3. The monoisotopic (exact) mass is 346 g/mol. The SMILES string of the molecule is O=C(NCc1ccncc1)c1cnn(-c2ccccc2)c1C(F)(F)F. The quantitative estimate of drug-likeness (QED) is 0.789. The zero-order valence-corrected chi connectivity index (χ0v) is 12.9. The topological polar surface area (TPSA) is 59.8 Å². The maximum absolute atomic E-state index is 13.5. The minimum atomic E-state index is -4.73. The van der Waals surface area contributed by atoms with Crippen LogP contribution in [-0.2, 0) is 12.7 Å². The van der Waals surface area contributed by atoms with E-state index in [1.807, 2.05) is 0 Å². The van der Waals surface area contributed by atoms with Crippen LogP contribution in [0.2, 0.25) is 0 Å². The summed E-state index contributed by atoms with van der Waals surface area (Å²) < 4.78 is 41.2. The second-order valence-corrected chi connectivity index (χ2v) is 5.19. The lowest BCUT2D eigenvalue weighted by molar-refractivity contribution is -0.143. The van der Waals surface area contributed by atoms with E-state index in [1.165, 1.54) is 24.5 Å². The van der Waals surface area contributed by atoms with Gasteiger partial charge in [0.1, 0.15) is 0 Å². The predicted molar refractivity (Wildman–Crippen MR) is 84.0 cm³/mol. The summed E-state index contributed by atoms with van der Waals surface area (Å²) in [5, 5.41) is 6.23. The minimum absolute atomic E-state index is 0.0924. The molecular formula is C17H13F3N4O. The Hall–Kier alpha value is -3.16. The number of nitrogens with one attached hydrogen (secondary N) is 1. The van der Waals surface area contributed by atoms with Crippen molar-refractivity contribution in [3.05, 3.63) is 77.9 Å². The Bertz CT molecular complexity index is 861. The van der Waals surface area contributed by atoms with E-state index in [0.29, 0.717) is 0 Å². The summed E-state index contributed by atoms with van der Waals surface area (Å²) in [6, 6.07) is 11.2. The highest BCUT2D eigenvalue weighted by Gasteiger charge is 2.40. The fraction of sp³-hybridized carbons (Fsp3) is 0.118. The Labute approximate surface area is 141 Å². The highest BCUT2D eigenvalue weighted by Crippen LogP contribution is 2.33. The van der Waals surface area contributed by atoms with Gasteiger partial charge in [0, 0.05) is 18.9 Å². The zero-order chi connectivity index (χ0) is 17.9. The van der Waals surface area contributed by atoms with Gasteiger partial charge in [0.05, 0.1) is 17.4 Å². The van der Waals surface area contributed by atoms with E-state index in [9.17, 15) is 18.0 Å². The summed E-state index contributed by atoms with van der Waals surface area (Å²) >= 11 is 0. The molecule has 128 valence electrons. The van der Waals surface area contributed by atoms with Crippen LogP contribution in [0, 0.1) is 0 Å². The van der Waals surface area contributed by atoms with Gasteiger partial charge < -0.3 is 5.32 Å². The fourth-order valence-electron chi connectivity index (χ4n) is 2.33. The largest absolute Gasteiger partial charge is 0.434 e. The van der Waals surface area contributed by atoms with Crippen molar-refractivity contribution < 1.29 is 18.0 Å². The second-order valence-electron chi connectivity index (χ2n) is 5.19. The summed E-state index contributed by atoms with van der Waals surface area (Å²) in [5.74, 6) is -0.841. The number of rotatable bonds is 4.